The molecule has 1 fully saturated rings. The molecule has 2 radical (unpaired) electrons. The molecule has 0 atom stereocenters. The maximum absolute atomic E-state index is 11.8. The Morgan fingerprint density at radius 1 is 1.25 bits per heavy atom. The van der Waals surface area contributed by atoms with E-state index in [1.54, 1.807) is 0 Å². The molecule has 0 aliphatic carbocycles. The van der Waals surface area contributed by atoms with Gasteiger partial charge in [0.2, 0.25) is 0 Å². The fourth-order valence-corrected chi connectivity index (χ4v) is 1.05. The SMILES string of the molecule is O=C(N1CC[C]CC1)C(F)(F)F. The summed E-state index contributed by atoms with van der Waals surface area (Å²) < 4.78 is 35.5. The Balaban J connectivity index is 2.51. The Kier molecular flexibility index (Phi) is 2.59. The average molecular weight is 179 g/mol. The molecule has 0 N–H and O–H groups in total. The topological polar surface area (TPSA) is 20.3 Å². The first-order chi connectivity index (χ1) is 5.52. The number of carbonyl (C=O) groups is 1. The number of hydrogen-bond donors (Lipinski definition) is 0. The lowest BCUT2D eigenvalue weighted by Gasteiger charge is -2.26. The zero-order valence-electron chi connectivity index (χ0n) is 6.32. The molecule has 1 saturated heterocycles. The number of carbonyl (C=O) groups excluding carboxylic acids is 1. The van der Waals surface area contributed by atoms with Crippen LogP contribution in [0.15, 0.2) is 0 Å². The molecule has 0 bridgehead atoms. The minimum atomic E-state index is -4.72. The lowest BCUT2D eigenvalue weighted by Crippen LogP contribution is -2.43. The third-order valence-corrected chi connectivity index (χ3v) is 1.65. The van der Waals surface area contributed by atoms with Crippen LogP contribution >= 0.6 is 0 Å². The molecule has 1 aliphatic rings. The fraction of sp³-hybridized carbons (Fsp3) is 0.714. The van der Waals surface area contributed by atoms with E-state index in [0.29, 0.717) is 12.8 Å². The number of amides is 1. The number of halogens is 3. The standard InChI is InChI=1S/C7H8F3NO/c8-7(9,10)6(12)11-4-2-1-3-5-11/h2-5H2. The van der Waals surface area contributed by atoms with Gasteiger partial charge in [0.05, 0.1) is 0 Å². The van der Waals surface area contributed by atoms with Gasteiger partial charge in [0.1, 0.15) is 0 Å². The zero-order chi connectivity index (χ0) is 9.19. The van der Waals surface area contributed by atoms with Crippen LogP contribution < -0.4 is 0 Å². The van der Waals surface area contributed by atoms with Crippen LogP contribution in [0.25, 0.3) is 0 Å². The van der Waals surface area contributed by atoms with Crippen LogP contribution in [0.2, 0.25) is 0 Å². The summed E-state index contributed by atoms with van der Waals surface area (Å²) in [6.45, 7) is 0.274. The van der Waals surface area contributed by atoms with Crippen molar-refractivity contribution in [2.75, 3.05) is 13.1 Å². The van der Waals surface area contributed by atoms with Gasteiger partial charge in [-0.2, -0.15) is 13.2 Å². The minimum absolute atomic E-state index is 0.137. The number of nitrogens with zero attached hydrogens (tertiary/aromatic N) is 1. The van der Waals surface area contributed by atoms with Gasteiger partial charge < -0.3 is 4.90 Å². The van der Waals surface area contributed by atoms with E-state index in [9.17, 15) is 18.0 Å². The lowest BCUT2D eigenvalue weighted by molar-refractivity contribution is -0.185. The molecular weight excluding hydrogens is 171 g/mol. The number of rotatable bonds is 0. The minimum Gasteiger partial charge on any atom is -0.335 e. The van der Waals surface area contributed by atoms with E-state index in [-0.39, 0.29) is 13.1 Å². The molecule has 0 unspecified atom stereocenters. The second kappa shape index (κ2) is 3.33. The summed E-state index contributed by atoms with van der Waals surface area (Å²) in [7, 11) is 0. The Labute approximate surface area is 68.3 Å². The first-order valence-electron chi connectivity index (χ1n) is 3.58. The number of piperidine rings is 1. The molecule has 68 valence electrons. The van der Waals surface area contributed by atoms with Crippen LogP contribution in [-0.4, -0.2) is 30.1 Å². The van der Waals surface area contributed by atoms with Gasteiger partial charge >= 0.3 is 12.1 Å². The molecule has 1 heterocycles. The van der Waals surface area contributed by atoms with Crippen LogP contribution in [-0.2, 0) is 4.79 Å². The van der Waals surface area contributed by atoms with Crippen LogP contribution in [0.5, 0.6) is 0 Å². The Hall–Kier alpha value is -0.740. The van der Waals surface area contributed by atoms with Crippen molar-refractivity contribution in [3.05, 3.63) is 6.42 Å². The molecule has 0 spiro atoms. The lowest BCUT2D eigenvalue weighted by atomic mass is 10.1. The van der Waals surface area contributed by atoms with Crippen molar-refractivity contribution >= 4 is 5.91 Å². The van der Waals surface area contributed by atoms with E-state index >= 15 is 0 Å². The smallest absolute Gasteiger partial charge is 0.335 e. The van der Waals surface area contributed by atoms with Crippen molar-refractivity contribution in [1.29, 1.82) is 0 Å². The van der Waals surface area contributed by atoms with Gasteiger partial charge in [-0.1, -0.05) is 0 Å². The monoisotopic (exact) mass is 179 g/mol. The quantitative estimate of drug-likeness (QED) is 0.548. The average Bonchev–Trinajstić information content (AvgIpc) is 2.03. The highest BCUT2D eigenvalue weighted by molar-refractivity contribution is 5.81. The maximum atomic E-state index is 11.8. The van der Waals surface area contributed by atoms with Gasteiger partial charge in [-0.05, 0) is 19.3 Å². The first kappa shape index (κ1) is 9.35. The normalized spacial score (nSPS) is 19.4. The summed E-state index contributed by atoms with van der Waals surface area (Å²) in [4.78, 5) is 11.4. The molecule has 0 aromatic rings. The highest BCUT2D eigenvalue weighted by atomic mass is 19.4. The Bertz CT molecular complexity index is 172. The van der Waals surface area contributed by atoms with E-state index in [0.717, 1.165) is 4.90 Å². The van der Waals surface area contributed by atoms with E-state index in [4.69, 9.17) is 0 Å². The zero-order valence-corrected chi connectivity index (χ0v) is 6.32. The Morgan fingerprint density at radius 2 is 1.75 bits per heavy atom. The third kappa shape index (κ3) is 2.12. The maximum Gasteiger partial charge on any atom is 0.471 e. The van der Waals surface area contributed by atoms with Gasteiger partial charge in [0.15, 0.2) is 0 Å². The summed E-state index contributed by atoms with van der Waals surface area (Å²) in [5.74, 6) is -1.73. The molecule has 1 amide bonds. The van der Waals surface area contributed by atoms with Crippen molar-refractivity contribution in [3.63, 3.8) is 0 Å². The summed E-state index contributed by atoms with van der Waals surface area (Å²) in [5, 5.41) is 0. The largest absolute Gasteiger partial charge is 0.471 e. The second-order valence-electron chi connectivity index (χ2n) is 2.54. The van der Waals surface area contributed by atoms with Gasteiger partial charge in [0, 0.05) is 13.1 Å². The fourth-order valence-electron chi connectivity index (χ4n) is 1.05. The molecule has 0 saturated carbocycles. The predicted octanol–water partition coefficient (Wildman–Crippen LogP) is 1.25. The van der Waals surface area contributed by atoms with Crippen molar-refractivity contribution in [2.24, 2.45) is 0 Å². The van der Waals surface area contributed by atoms with Crippen molar-refractivity contribution in [3.8, 4) is 0 Å². The number of hydrogen-bond acceptors (Lipinski definition) is 1. The van der Waals surface area contributed by atoms with E-state index in [2.05, 4.69) is 6.42 Å². The van der Waals surface area contributed by atoms with Crippen molar-refractivity contribution in [1.82, 2.24) is 4.90 Å². The van der Waals surface area contributed by atoms with Gasteiger partial charge in [0.25, 0.3) is 0 Å². The third-order valence-electron chi connectivity index (χ3n) is 1.65. The number of likely N-dealkylation sites (tertiary alicyclic amines) is 1. The van der Waals surface area contributed by atoms with E-state index in [1.165, 1.54) is 0 Å². The second-order valence-corrected chi connectivity index (χ2v) is 2.54. The summed E-state index contributed by atoms with van der Waals surface area (Å²) in [6, 6.07) is 0. The van der Waals surface area contributed by atoms with E-state index in [1.807, 2.05) is 0 Å². The molecule has 1 aliphatic heterocycles. The molecule has 12 heavy (non-hydrogen) atoms. The summed E-state index contributed by atoms with van der Waals surface area (Å²) in [6.07, 6.45) is -1.00. The van der Waals surface area contributed by atoms with Crippen LogP contribution in [0.4, 0.5) is 13.2 Å². The molecule has 0 aromatic carbocycles. The Morgan fingerprint density at radius 3 is 2.17 bits per heavy atom. The molecule has 0 aromatic heterocycles. The first-order valence-corrected chi connectivity index (χ1v) is 3.58. The van der Waals surface area contributed by atoms with Gasteiger partial charge in [-0.15, -0.1) is 0 Å². The van der Waals surface area contributed by atoms with Crippen LogP contribution in [0, 0.1) is 6.42 Å². The summed E-state index contributed by atoms with van der Waals surface area (Å²) in [5.41, 5.74) is 0. The summed E-state index contributed by atoms with van der Waals surface area (Å²) >= 11 is 0. The highest BCUT2D eigenvalue weighted by Gasteiger charge is 2.42. The highest BCUT2D eigenvalue weighted by Crippen LogP contribution is 2.20. The molecule has 5 heteroatoms. The van der Waals surface area contributed by atoms with E-state index < -0.39 is 12.1 Å². The molecular formula is C7H8F3NO. The number of alkyl halides is 3. The molecule has 1 rings (SSSR count). The van der Waals surface area contributed by atoms with Crippen molar-refractivity contribution in [2.45, 2.75) is 19.0 Å². The van der Waals surface area contributed by atoms with Gasteiger partial charge in [-0.25, -0.2) is 0 Å². The molecule has 2 nitrogen and oxygen atoms in total. The predicted molar refractivity (Wildman–Crippen MR) is 35.1 cm³/mol. The van der Waals surface area contributed by atoms with Crippen LogP contribution in [0.1, 0.15) is 12.8 Å². The van der Waals surface area contributed by atoms with Crippen molar-refractivity contribution < 1.29 is 18.0 Å². The van der Waals surface area contributed by atoms with Gasteiger partial charge in [-0.3, -0.25) is 4.79 Å². The van der Waals surface area contributed by atoms with Crippen LogP contribution in [0.3, 0.4) is 0 Å².